The van der Waals surface area contributed by atoms with E-state index in [4.69, 9.17) is 10.5 Å². The van der Waals surface area contributed by atoms with Crippen molar-refractivity contribution in [2.75, 3.05) is 18.4 Å². The first-order chi connectivity index (χ1) is 17.5. The molecule has 36 heavy (non-hydrogen) atoms. The first-order valence-electron chi connectivity index (χ1n) is 12.1. The fourth-order valence-corrected chi connectivity index (χ4v) is 5.07. The van der Waals surface area contributed by atoms with E-state index in [1.165, 1.54) is 0 Å². The number of ether oxygens (including phenoxy) is 1. The van der Waals surface area contributed by atoms with Crippen LogP contribution in [0.25, 0.3) is 0 Å². The summed E-state index contributed by atoms with van der Waals surface area (Å²) in [6.45, 7) is 4.81. The molecule has 2 aromatic carbocycles. The summed E-state index contributed by atoms with van der Waals surface area (Å²) in [7, 11) is 0. The minimum Gasteiger partial charge on any atom is -0.445 e. The quantitative estimate of drug-likeness (QED) is 0.405. The molecule has 1 saturated heterocycles. The smallest absolute Gasteiger partial charge is 0.408 e. The lowest BCUT2D eigenvalue weighted by atomic mass is 9.88. The maximum atomic E-state index is 13.4. The Morgan fingerprint density at radius 3 is 2.56 bits per heavy atom. The lowest BCUT2D eigenvalue weighted by Gasteiger charge is -2.35. The van der Waals surface area contributed by atoms with Crippen LogP contribution >= 0.6 is 11.3 Å². The molecule has 1 atom stereocenters. The van der Waals surface area contributed by atoms with Crippen LogP contribution in [0.3, 0.4) is 0 Å². The molecule has 0 saturated carbocycles. The SMILES string of the molecule is Cc1nnc(CN2CCC([C@H](NC(=O)OCc3ccccc3)C(=O)Nc3cccc(CN)c3)CC2)s1. The molecule has 10 heteroatoms. The monoisotopic (exact) mass is 508 g/mol. The van der Waals surface area contributed by atoms with Gasteiger partial charge in [-0.25, -0.2) is 4.79 Å². The Bertz CT molecular complexity index is 1150. The number of benzene rings is 2. The fourth-order valence-electron chi connectivity index (χ4n) is 4.32. The third kappa shape index (κ3) is 7.33. The Labute approximate surface area is 215 Å². The largest absolute Gasteiger partial charge is 0.445 e. The van der Waals surface area contributed by atoms with Crippen molar-refractivity contribution in [3.05, 3.63) is 75.7 Å². The molecule has 1 aliphatic heterocycles. The van der Waals surface area contributed by atoms with Crippen LogP contribution in [0, 0.1) is 12.8 Å². The van der Waals surface area contributed by atoms with Gasteiger partial charge >= 0.3 is 6.09 Å². The van der Waals surface area contributed by atoms with Gasteiger partial charge < -0.3 is 21.1 Å². The Balaban J connectivity index is 1.40. The Morgan fingerprint density at radius 2 is 1.86 bits per heavy atom. The summed E-state index contributed by atoms with van der Waals surface area (Å²) in [5.41, 5.74) is 8.19. The Kier molecular flexibility index (Phi) is 8.99. The predicted molar refractivity (Wildman–Crippen MR) is 139 cm³/mol. The van der Waals surface area contributed by atoms with Crippen LogP contribution in [0.5, 0.6) is 0 Å². The summed E-state index contributed by atoms with van der Waals surface area (Å²) in [4.78, 5) is 28.3. The number of carbonyl (C=O) groups excluding carboxylic acids is 2. The number of rotatable bonds is 9. The van der Waals surface area contributed by atoms with Gasteiger partial charge in [-0.15, -0.1) is 21.5 Å². The van der Waals surface area contributed by atoms with Gasteiger partial charge in [0.1, 0.15) is 22.7 Å². The molecular weight excluding hydrogens is 476 g/mol. The van der Waals surface area contributed by atoms with Crippen LogP contribution in [-0.2, 0) is 29.2 Å². The molecule has 2 heterocycles. The van der Waals surface area contributed by atoms with Crippen LogP contribution in [0.4, 0.5) is 10.5 Å². The van der Waals surface area contributed by atoms with E-state index in [9.17, 15) is 9.59 Å². The molecule has 0 spiro atoms. The summed E-state index contributed by atoms with van der Waals surface area (Å²) in [5, 5.41) is 16.0. The summed E-state index contributed by atoms with van der Waals surface area (Å²) in [5.74, 6) is -0.293. The van der Waals surface area contributed by atoms with E-state index in [-0.39, 0.29) is 18.4 Å². The number of amides is 2. The number of anilines is 1. The van der Waals surface area contributed by atoms with E-state index < -0.39 is 12.1 Å². The molecule has 0 bridgehead atoms. The number of hydrogen-bond donors (Lipinski definition) is 3. The molecule has 1 aromatic heterocycles. The first-order valence-corrected chi connectivity index (χ1v) is 12.9. The second kappa shape index (κ2) is 12.6. The molecule has 4 rings (SSSR count). The second-order valence-corrected chi connectivity index (χ2v) is 10.2. The maximum absolute atomic E-state index is 13.4. The van der Waals surface area contributed by atoms with Gasteiger partial charge in [0.25, 0.3) is 0 Å². The van der Waals surface area contributed by atoms with Gasteiger partial charge in [0, 0.05) is 12.2 Å². The van der Waals surface area contributed by atoms with Gasteiger partial charge in [0.15, 0.2) is 0 Å². The number of aryl methyl sites for hydroxylation is 1. The predicted octanol–water partition coefficient (Wildman–Crippen LogP) is 3.45. The highest BCUT2D eigenvalue weighted by Crippen LogP contribution is 2.24. The highest BCUT2D eigenvalue weighted by Gasteiger charge is 2.33. The third-order valence-electron chi connectivity index (χ3n) is 6.23. The minimum absolute atomic E-state index is 0.0284. The third-order valence-corrected chi connectivity index (χ3v) is 7.05. The van der Waals surface area contributed by atoms with Crippen molar-refractivity contribution < 1.29 is 14.3 Å². The number of hydrogen-bond acceptors (Lipinski definition) is 8. The highest BCUT2D eigenvalue weighted by molar-refractivity contribution is 7.11. The number of piperidine rings is 1. The zero-order valence-electron chi connectivity index (χ0n) is 20.4. The van der Waals surface area contributed by atoms with Crippen LogP contribution in [-0.4, -0.2) is 46.2 Å². The van der Waals surface area contributed by atoms with E-state index in [0.717, 1.165) is 53.6 Å². The number of carbonyl (C=O) groups is 2. The zero-order valence-corrected chi connectivity index (χ0v) is 21.2. The van der Waals surface area contributed by atoms with Gasteiger partial charge in [-0.3, -0.25) is 9.69 Å². The number of alkyl carbamates (subject to hydrolysis) is 1. The average molecular weight is 509 g/mol. The average Bonchev–Trinajstić information content (AvgIpc) is 3.31. The van der Waals surface area contributed by atoms with Gasteiger partial charge in [-0.1, -0.05) is 42.5 Å². The molecule has 3 aromatic rings. The summed E-state index contributed by atoms with van der Waals surface area (Å²) in [6, 6.07) is 16.1. The molecule has 0 aliphatic carbocycles. The summed E-state index contributed by atoms with van der Waals surface area (Å²) < 4.78 is 5.42. The Morgan fingerprint density at radius 1 is 1.11 bits per heavy atom. The van der Waals surface area contributed by atoms with Gasteiger partial charge in [0.05, 0.1) is 6.54 Å². The van der Waals surface area contributed by atoms with Crippen molar-refractivity contribution in [1.82, 2.24) is 20.4 Å². The van der Waals surface area contributed by atoms with Crippen LogP contribution in [0.1, 0.15) is 34.0 Å². The van der Waals surface area contributed by atoms with Gasteiger partial charge in [-0.05, 0) is 62.0 Å². The van der Waals surface area contributed by atoms with Crippen molar-refractivity contribution >= 4 is 29.0 Å². The lowest BCUT2D eigenvalue weighted by Crippen LogP contribution is -2.51. The molecule has 1 aliphatic rings. The normalized spacial score (nSPS) is 15.3. The van der Waals surface area contributed by atoms with E-state index >= 15 is 0 Å². The molecule has 0 radical (unpaired) electrons. The van der Waals surface area contributed by atoms with Crippen LogP contribution < -0.4 is 16.4 Å². The molecule has 190 valence electrons. The minimum atomic E-state index is -0.722. The standard InChI is InChI=1S/C26H32N6O3S/c1-18-30-31-23(36-18)16-32-12-10-21(11-13-32)24(25(33)28-22-9-5-8-20(14-22)15-27)29-26(34)35-17-19-6-3-2-4-7-19/h2-9,14,21,24H,10-13,15-17,27H2,1H3,(H,28,33)(H,29,34)/t24-/m0/s1. The maximum Gasteiger partial charge on any atom is 0.408 e. The van der Waals surface area contributed by atoms with Crippen molar-refractivity contribution in [3.63, 3.8) is 0 Å². The Hall–Kier alpha value is -3.34. The van der Waals surface area contributed by atoms with Crippen LogP contribution in [0.2, 0.25) is 0 Å². The van der Waals surface area contributed by atoms with E-state index in [0.29, 0.717) is 12.2 Å². The highest BCUT2D eigenvalue weighted by atomic mass is 32.1. The summed E-state index contributed by atoms with van der Waals surface area (Å²) in [6.07, 6.45) is 0.913. The van der Waals surface area contributed by atoms with E-state index in [1.807, 2.05) is 61.5 Å². The molecule has 0 unspecified atom stereocenters. The van der Waals surface area contributed by atoms with Gasteiger partial charge in [0.2, 0.25) is 5.91 Å². The number of nitrogens with zero attached hydrogens (tertiary/aromatic N) is 3. The zero-order chi connectivity index (χ0) is 25.3. The number of aromatic nitrogens is 2. The molecule has 1 fully saturated rings. The fraction of sp³-hybridized carbons (Fsp3) is 0.385. The number of nitrogens with two attached hydrogens (primary N) is 1. The van der Waals surface area contributed by atoms with Crippen molar-refractivity contribution in [3.8, 4) is 0 Å². The topological polar surface area (TPSA) is 122 Å². The molecular formula is C26H32N6O3S. The van der Waals surface area contributed by atoms with Crippen molar-refractivity contribution in [1.29, 1.82) is 0 Å². The lowest BCUT2D eigenvalue weighted by molar-refractivity contribution is -0.119. The van der Waals surface area contributed by atoms with Crippen molar-refractivity contribution in [2.24, 2.45) is 11.7 Å². The van der Waals surface area contributed by atoms with Crippen LogP contribution in [0.15, 0.2) is 54.6 Å². The number of likely N-dealkylation sites (tertiary alicyclic amines) is 1. The molecule has 2 amide bonds. The van der Waals surface area contributed by atoms with E-state index in [2.05, 4.69) is 25.7 Å². The van der Waals surface area contributed by atoms with E-state index in [1.54, 1.807) is 11.3 Å². The molecule has 4 N–H and O–H groups in total. The number of nitrogens with one attached hydrogen (secondary N) is 2. The first kappa shape index (κ1) is 25.7. The van der Waals surface area contributed by atoms with Gasteiger partial charge in [-0.2, -0.15) is 0 Å². The second-order valence-electron chi connectivity index (χ2n) is 8.91. The molecule has 9 nitrogen and oxygen atoms in total. The van der Waals surface area contributed by atoms with Crippen molar-refractivity contribution in [2.45, 2.75) is 45.5 Å². The summed E-state index contributed by atoms with van der Waals surface area (Å²) >= 11 is 1.60.